The molecule has 1 saturated heterocycles. The Morgan fingerprint density at radius 3 is 2.86 bits per heavy atom. The van der Waals surface area contributed by atoms with Gasteiger partial charge in [0.15, 0.2) is 11.4 Å². The van der Waals surface area contributed by atoms with Crippen LogP contribution in [0, 0.1) is 0 Å². The van der Waals surface area contributed by atoms with Crippen LogP contribution in [-0.2, 0) is 17.7 Å². The van der Waals surface area contributed by atoms with Gasteiger partial charge >= 0.3 is 6.03 Å². The van der Waals surface area contributed by atoms with Crippen molar-refractivity contribution in [3.63, 3.8) is 0 Å². The monoisotopic (exact) mass is 540 g/mol. The topological polar surface area (TPSA) is 115 Å². The molecular formula is C24H28N8O3S2. The summed E-state index contributed by atoms with van der Waals surface area (Å²) in [6, 6.07) is 3.26. The van der Waals surface area contributed by atoms with Gasteiger partial charge in [-0.3, -0.25) is 15.0 Å². The fourth-order valence-electron chi connectivity index (χ4n) is 4.30. The minimum atomic E-state index is -0.387. The summed E-state index contributed by atoms with van der Waals surface area (Å²) in [5, 5.41) is 9.10. The minimum Gasteiger partial charge on any atom is -0.383 e. The molecule has 2 N–H and O–H groups in total. The number of hydrogen-bond acceptors (Lipinski definition) is 9. The van der Waals surface area contributed by atoms with Gasteiger partial charge in [-0.15, -0.1) is 0 Å². The second-order valence-corrected chi connectivity index (χ2v) is 9.20. The standard InChI is InChI=1S/C24H28N8O3S2/c1-30-7-8-31(24(30)37)13-17-10-16-4-3-6-32(22(16)28-20(17)14-33)23(34)29-21-11-18(25-5-9-35-2)19(12-26-21)27-15-36/h10-12,14H,3-9,13H2,1-2H3,(H2,25,26,29,34). The number of urea groups is 1. The van der Waals surface area contributed by atoms with E-state index in [9.17, 15) is 9.59 Å². The fraction of sp³-hybridized carbons (Fsp3) is 0.417. The van der Waals surface area contributed by atoms with E-state index in [1.54, 1.807) is 18.1 Å². The van der Waals surface area contributed by atoms with Crippen LogP contribution in [0.2, 0.25) is 0 Å². The van der Waals surface area contributed by atoms with Gasteiger partial charge < -0.3 is 19.9 Å². The smallest absolute Gasteiger partial charge is 0.328 e. The van der Waals surface area contributed by atoms with E-state index in [0.717, 1.165) is 48.5 Å². The average molecular weight is 541 g/mol. The van der Waals surface area contributed by atoms with Gasteiger partial charge in [0.2, 0.25) is 0 Å². The number of pyridine rings is 2. The highest BCUT2D eigenvalue weighted by atomic mass is 32.1. The maximum absolute atomic E-state index is 13.3. The van der Waals surface area contributed by atoms with E-state index < -0.39 is 0 Å². The van der Waals surface area contributed by atoms with Gasteiger partial charge in [0.05, 0.1) is 23.7 Å². The molecule has 0 atom stereocenters. The van der Waals surface area contributed by atoms with Crippen LogP contribution in [-0.4, -0.2) is 89.3 Å². The SMILES string of the molecule is COCCNc1cc(NC(=O)N2CCCc3cc(CN4CCN(C)C4=S)c(C=O)nc32)ncc1N=C=S. The van der Waals surface area contributed by atoms with Crippen molar-refractivity contribution in [3.05, 3.63) is 35.2 Å². The highest BCUT2D eigenvalue weighted by Crippen LogP contribution is 2.30. The summed E-state index contributed by atoms with van der Waals surface area (Å²) in [6.07, 6.45) is 3.77. The molecule has 13 heteroatoms. The Hall–Kier alpha value is -3.51. The molecule has 0 aliphatic carbocycles. The average Bonchev–Trinajstić information content (AvgIpc) is 3.21. The lowest BCUT2D eigenvalue weighted by molar-refractivity contribution is 0.111. The fourth-order valence-corrected chi connectivity index (χ4v) is 4.65. The summed E-state index contributed by atoms with van der Waals surface area (Å²) in [6.45, 7) is 3.63. The van der Waals surface area contributed by atoms with Crippen LogP contribution in [0.15, 0.2) is 23.3 Å². The highest BCUT2D eigenvalue weighted by molar-refractivity contribution is 7.80. The predicted molar refractivity (Wildman–Crippen MR) is 149 cm³/mol. The zero-order chi connectivity index (χ0) is 26.4. The Balaban J connectivity index is 1.55. The van der Waals surface area contributed by atoms with E-state index >= 15 is 0 Å². The number of methoxy groups -OCH3 is 1. The number of fused-ring (bicyclic) bond motifs is 1. The quantitative estimate of drug-likeness (QED) is 0.213. The van der Waals surface area contributed by atoms with E-state index in [-0.39, 0.29) is 6.03 Å². The largest absolute Gasteiger partial charge is 0.383 e. The maximum atomic E-state index is 13.3. The van der Waals surface area contributed by atoms with Gasteiger partial charge in [-0.05, 0) is 48.9 Å². The number of ether oxygens (including phenoxy) is 1. The molecule has 0 spiro atoms. The van der Waals surface area contributed by atoms with Gasteiger partial charge in [-0.25, -0.2) is 14.8 Å². The summed E-state index contributed by atoms with van der Waals surface area (Å²) in [5.74, 6) is 0.815. The van der Waals surface area contributed by atoms with Crippen molar-refractivity contribution in [2.45, 2.75) is 19.4 Å². The summed E-state index contributed by atoms with van der Waals surface area (Å²) in [5.41, 5.74) is 3.16. The molecule has 2 amide bonds. The van der Waals surface area contributed by atoms with Crippen molar-refractivity contribution in [3.8, 4) is 0 Å². The number of rotatable bonds is 9. The third-order valence-corrected chi connectivity index (χ3v) is 6.86. The van der Waals surface area contributed by atoms with Gasteiger partial charge in [0.1, 0.15) is 23.0 Å². The van der Waals surface area contributed by atoms with Gasteiger partial charge in [-0.1, -0.05) is 0 Å². The summed E-state index contributed by atoms with van der Waals surface area (Å²) >= 11 is 10.2. The number of aldehydes is 1. The van der Waals surface area contributed by atoms with Crippen LogP contribution in [0.1, 0.15) is 28.0 Å². The number of likely N-dealkylation sites (N-methyl/N-ethyl adjacent to an activating group) is 1. The van der Waals surface area contributed by atoms with Crippen LogP contribution in [0.5, 0.6) is 0 Å². The number of amides is 2. The Morgan fingerprint density at radius 1 is 1.32 bits per heavy atom. The second kappa shape index (κ2) is 12.2. The number of isothiocyanates is 1. The molecule has 0 aromatic carbocycles. The lowest BCUT2D eigenvalue weighted by atomic mass is 10.0. The number of hydrogen-bond donors (Lipinski definition) is 2. The first-order valence-corrected chi connectivity index (χ1v) is 12.6. The molecule has 11 nitrogen and oxygen atoms in total. The van der Waals surface area contributed by atoms with Crippen LogP contribution in [0.4, 0.5) is 27.8 Å². The van der Waals surface area contributed by atoms with Crippen molar-refractivity contribution in [1.82, 2.24) is 19.8 Å². The van der Waals surface area contributed by atoms with Crippen molar-refractivity contribution < 1.29 is 14.3 Å². The van der Waals surface area contributed by atoms with Crippen molar-refractivity contribution in [1.29, 1.82) is 0 Å². The third-order valence-electron chi connectivity index (χ3n) is 6.20. The number of carbonyl (C=O) groups is 2. The molecule has 2 aliphatic rings. The molecular weight excluding hydrogens is 512 g/mol. The van der Waals surface area contributed by atoms with Gasteiger partial charge in [-0.2, -0.15) is 4.99 Å². The maximum Gasteiger partial charge on any atom is 0.328 e. The Bertz CT molecular complexity index is 1250. The normalized spacial score (nSPS) is 14.8. The molecule has 194 valence electrons. The zero-order valence-corrected chi connectivity index (χ0v) is 22.3. The van der Waals surface area contributed by atoms with E-state index in [2.05, 4.69) is 35.7 Å². The molecule has 0 saturated carbocycles. The summed E-state index contributed by atoms with van der Waals surface area (Å²) < 4.78 is 5.08. The van der Waals surface area contributed by atoms with E-state index in [1.165, 1.54) is 6.20 Å². The lowest BCUT2D eigenvalue weighted by Gasteiger charge is -2.29. The highest BCUT2D eigenvalue weighted by Gasteiger charge is 2.28. The van der Waals surface area contributed by atoms with Gasteiger partial charge in [0, 0.05) is 58.5 Å². The third kappa shape index (κ3) is 6.08. The molecule has 4 rings (SSSR count). The number of aryl methyl sites for hydroxylation is 1. The van der Waals surface area contributed by atoms with Gasteiger partial charge in [0.25, 0.3) is 0 Å². The number of carbonyl (C=O) groups excluding carboxylic acids is 2. The summed E-state index contributed by atoms with van der Waals surface area (Å²) in [7, 11) is 3.57. The molecule has 1 fully saturated rings. The first-order valence-electron chi connectivity index (χ1n) is 11.8. The van der Waals surface area contributed by atoms with Crippen LogP contribution < -0.4 is 15.5 Å². The number of nitrogens with zero attached hydrogens (tertiary/aromatic N) is 6. The molecule has 0 unspecified atom stereocenters. The lowest BCUT2D eigenvalue weighted by Crippen LogP contribution is -2.40. The number of anilines is 3. The number of thiocarbonyl (C=S) groups is 2. The number of aliphatic imine (C=N–C) groups is 1. The molecule has 37 heavy (non-hydrogen) atoms. The molecule has 2 aliphatic heterocycles. The number of nitrogens with one attached hydrogen (secondary N) is 2. The minimum absolute atomic E-state index is 0.306. The molecule has 0 radical (unpaired) electrons. The molecule has 0 bridgehead atoms. The molecule has 4 heterocycles. The van der Waals surface area contributed by atoms with E-state index in [1.807, 2.05) is 18.0 Å². The zero-order valence-electron chi connectivity index (χ0n) is 20.7. The van der Waals surface area contributed by atoms with Crippen molar-refractivity contribution >= 4 is 70.0 Å². The van der Waals surface area contributed by atoms with E-state index in [4.69, 9.17) is 29.2 Å². The predicted octanol–water partition coefficient (Wildman–Crippen LogP) is 3.10. The Kier molecular flexibility index (Phi) is 8.72. The van der Waals surface area contributed by atoms with E-state index in [0.29, 0.717) is 54.9 Å². The first-order chi connectivity index (χ1) is 17.9. The first kappa shape index (κ1) is 26.6. The van der Waals surface area contributed by atoms with Crippen LogP contribution in [0.3, 0.4) is 0 Å². The summed E-state index contributed by atoms with van der Waals surface area (Å²) in [4.78, 5) is 43.7. The Morgan fingerprint density at radius 2 is 2.16 bits per heavy atom. The molecule has 2 aromatic rings. The Labute approximate surface area is 225 Å². The van der Waals surface area contributed by atoms with Crippen molar-refractivity contribution in [2.24, 2.45) is 4.99 Å². The second-order valence-electron chi connectivity index (χ2n) is 8.65. The molecule has 2 aromatic heterocycles. The van der Waals surface area contributed by atoms with Crippen LogP contribution >= 0.6 is 24.4 Å². The van der Waals surface area contributed by atoms with Crippen molar-refractivity contribution in [2.75, 3.05) is 62.5 Å². The van der Waals surface area contributed by atoms with Crippen LogP contribution in [0.25, 0.3) is 0 Å². The number of aromatic nitrogens is 2.